The molecular formula is C12H16ClN3O. The molecule has 92 valence electrons. The molecule has 4 nitrogen and oxygen atoms in total. The van der Waals surface area contributed by atoms with Gasteiger partial charge in [0.1, 0.15) is 11.0 Å². The van der Waals surface area contributed by atoms with E-state index in [9.17, 15) is 4.79 Å². The Morgan fingerprint density at radius 2 is 2.24 bits per heavy atom. The number of aromatic nitrogens is 1. The Morgan fingerprint density at radius 1 is 1.53 bits per heavy atom. The monoisotopic (exact) mass is 253 g/mol. The van der Waals surface area contributed by atoms with E-state index in [1.807, 2.05) is 4.90 Å². The largest absolute Gasteiger partial charge is 0.384 e. The molecule has 0 atom stereocenters. The van der Waals surface area contributed by atoms with Gasteiger partial charge in [-0.2, -0.15) is 0 Å². The van der Waals surface area contributed by atoms with Crippen molar-refractivity contribution >= 4 is 23.3 Å². The zero-order valence-corrected chi connectivity index (χ0v) is 10.8. The van der Waals surface area contributed by atoms with E-state index in [-0.39, 0.29) is 22.4 Å². The topological polar surface area (TPSA) is 59.2 Å². The van der Waals surface area contributed by atoms with Crippen molar-refractivity contribution in [2.24, 2.45) is 0 Å². The molecule has 1 saturated heterocycles. The van der Waals surface area contributed by atoms with Crippen LogP contribution in [0.25, 0.3) is 0 Å². The van der Waals surface area contributed by atoms with E-state index in [0.29, 0.717) is 5.56 Å². The Labute approximate surface area is 106 Å². The first-order valence-corrected chi connectivity index (χ1v) is 6.03. The molecule has 1 aromatic rings. The van der Waals surface area contributed by atoms with Crippen LogP contribution in [0.3, 0.4) is 0 Å². The first kappa shape index (κ1) is 12.2. The Bertz CT molecular complexity index is 439. The minimum atomic E-state index is -0.0956. The van der Waals surface area contributed by atoms with E-state index in [2.05, 4.69) is 18.8 Å². The molecule has 1 fully saturated rings. The Balaban J connectivity index is 2.31. The Hall–Kier alpha value is -1.29. The van der Waals surface area contributed by atoms with Gasteiger partial charge in [-0.3, -0.25) is 4.79 Å². The van der Waals surface area contributed by atoms with Gasteiger partial charge in [-0.1, -0.05) is 11.6 Å². The van der Waals surface area contributed by atoms with Crippen molar-refractivity contribution in [3.8, 4) is 0 Å². The zero-order chi connectivity index (χ0) is 12.6. The number of nitrogen functional groups attached to an aromatic ring is 1. The van der Waals surface area contributed by atoms with Gasteiger partial charge in [-0.25, -0.2) is 4.98 Å². The van der Waals surface area contributed by atoms with Gasteiger partial charge in [0, 0.05) is 17.6 Å². The summed E-state index contributed by atoms with van der Waals surface area (Å²) in [6.45, 7) is 4.93. The third-order valence-electron chi connectivity index (χ3n) is 3.21. The first-order valence-electron chi connectivity index (χ1n) is 5.65. The van der Waals surface area contributed by atoms with Crippen molar-refractivity contribution in [1.82, 2.24) is 9.88 Å². The second kappa shape index (κ2) is 4.18. The number of nitrogens with zero attached hydrogens (tertiary/aromatic N) is 2. The third-order valence-corrected chi connectivity index (χ3v) is 3.40. The van der Waals surface area contributed by atoms with Gasteiger partial charge in [-0.05, 0) is 38.8 Å². The average molecular weight is 254 g/mol. The van der Waals surface area contributed by atoms with Crippen LogP contribution in [0.1, 0.15) is 37.0 Å². The molecule has 1 aromatic heterocycles. The summed E-state index contributed by atoms with van der Waals surface area (Å²) in [4.78, 5) is 18.1. The Kier molecular flexibility index (Phi) is 3.00. The van der Waals surface area contributed by atoms with Crippen molar-refractivity contribution in [2.75, 3.05) is 12.3 Å². The molecule has 0 bridgehead atoms. The molecular weight excluding hydrogens is 238 g/mol. The number of rotatable bonds is 1. The second-order valence-corrected chi connectivity index (χ2v) is 5.36. The van der Waals surface area contributed by atoms with E-state index < -0.39 is 0 Å². The highest BCUT2D eigenvalue weighted by Crippen LogP contribution is 2.30. The van der Waals surface area contributed by atoms with Gasteiger partial charge in [0.05, 0.1) is 0 Å². The van der Waals surface area contributed by atoms with Crippen LogP contribution in [0.15, 0.2) is 12.1 Å². The molecule has 17 heavy (non-hydrogen) atoms. The van der Waals surface area contributed by atoms with Crippen LogP contribution in [0.4, 0.5) is 5.82 Å². The van der Waals surface area contributed by atoms with Crippen molar-refractivity contribution in [1.29, 1.82) is 0 Å². The number of pyridine rings is 1. The van der Waals surface area contributed by atoms with Gasteiger partial charge in [-0.15, -0.1) is 0 Å². The van der Waals surface area contributed by atoms with Crippen LogP contribution < -0.4 is 5.73 Å². The van der Waals surface area contributed by atoms with Gasteiger partial charge < -0.3 is 10.6 Å². The predicted octanol–water partition coefficient (Wildman–Crippen LogP) is 2.33. The molecule has 0 spiro atoms. The maximum atomic E-state index is 12.4. The number of halogens is 1. The van der Waals surface area contributed by atoms with Crippen LogP contribution in [0, 0.1) is 0 Å². The fourth-order valence-electron chi connectivity index (χ4n) is 2.28. The summed E-state index contributed by atoms with van der Waals surface area (Å²) in [7, 11) is 0. The molecule has 5 heteroatoms. The van der Waals surface area contributed by atoms with Crippen LogP contribution in [-0.2, 0) is 0 Å². The number of nitrogens with two attached hydrogens (primary N) is 1. The molecule has 1 aliphatic heterocycles. The molecule has 1 amide bonds. The third kappa shape index (κ3) is 2.36. The van der Waals surface area contributed by atoms with Crippen LogP contribution in [-0.4, -0.2) is 27.9 Å². The standard InChI is InChI=1S/C12H16ClN3O/c1-12(2)4-3-5-16(12)11(17)8-6-9(13)15-10(14)7-8/h6-7H,3-5H2,1-2H3,(H2,14,15). The predicted molar refractivity (Wildman–Crippen MR) is 68.0 cm³/mol. The highest BCUT2D eigenvalue weighted by molar-refractivity contribution is 6.29. The van der Waals surface area contributed by atoms with Crippen LogP contribution >= 0.6 is 11.6 Å². The first-order chi connectivity index (χ1) is 7.90. The minimum absolute atomic E-state index is 0.0245. The quantitative estimate of drug-likeness (QED) is 0.782. The van der Waals surface area contributed by atoms with Gasteiger partial charge in [0.15, 0.2) is 0 Å². The summed E-state index contributed by atoms with van der Waals surface area (Å²) in [6.07, 6.45) is 2.06. The average Bonchev–Trinajstić information content (AvgIpc) is 2.55. The number of likely N-dealkylation sites (tertiary alicyclic amines) is 1. The lowest BCUT2D eigenvalue weighted by atomic mass is 10.0. The van der Waals surface area contributed by atoms with Crippen LogP contribution in [0.2, 0.25) is 5.15 Å². The lowest BCUT2D eigenvalue weighted by Gasteiger charge is -2.31. The second-order valence-electron chi connectivity index (χ2n) is 4.98. The molecule has 0 aromatic carbocycles. The molecule has 0 unspecified atom stereocenters. The van der Waals surface area contributed by atoms with Crippen molar-refractivity contribution in [3.63, 3.8) is 0 Å². The fourth-order valence-corrected chi connectivity index (χ4v) is 2.50. The molecule has 1 aliphatic rings. The highest BCUT2D eigenvalue weighted by Gasteiger charge is 2.35. The van der Waals surface area contributed by atoms with Crippen molar-refractivity contribution in [2.45, 2.75) is 32.2 Å². The van der Waals surface area contributed by atoms with E-state index in [1.165, 1.54) is 0 Å². The maximum Gasteiger partial charge on any atom is 0.254 e. The normalized spacial score (nSPS) is 18.4. The number of anilines is 1. The number of hydrogen-bond donors (Lipinski definition) is 1. The lowest BCUT2D eigenvalue weighted by molar-refractivity contribution is 0.0652. The summed E-state index contributed by atoms with van der Waals surface area (Å²) >= 11 is 5.81. The summed E-state index contributed by atoms with van der Waals surface area (Å²) in [5, 5.41) is 0.255. The summed E-state index contributed by atoms with van der Waals surface area (Å²) < 4.78 is 0. The van der Waals surface area contributed by atoms with Crippen LogP contribution in [0.5, 0.6) is 0 Å². The number of amides is 1. The summed E-state index contributed by atoms with van der Waals surface area (Å²) in [5.74, 6) is 0.251. The number of carbonyl (C=O) groups is 1. The van der Waals surface area contributed by atoms with E-state index in [1.54, 1.807) is 12.1 Å². The van der Waals surface area contributed by atoms with Gasteiger partial charge >= 0.3 is 0 Å². The summed E-state index contributed by atoms with van der Waals surface area (Å²) in [6, 6.07) is 3.14. The number of hydrogen-bond acceptors (Lipinski definition) is 3. The molecule has 0 saturated carbocycles. The fraction of sp³-hybridized carbons (Fsp3) is 0.500. The highest BCUT2D eigenvalue weighted by atomic mass is 35.5. The van der Waals surface area contributed by atoms with Crippen molar-refractivity contribution in [3.05, 3.63) is 22.8 Å². The maximum absolute atomic E-state index is 12.4. The van der Waals surface area contributed by atoms with E-state index in [4.69, 9.17) is 17.3 Å². The zero-order valence-electron chi connectivity index (χ0n) is 10.0. The Morgan fingerprint density at radius 3 is 2.76 bits per heavy atom. The molecule has 0 radical (unpaired) electrons. The van der Waals surface area contributed by atoms with Gasteiger partial charge in [0.25, 0.3) is 5.91 Å². The molecule has 0 aliphatic carbocycles. The SMILES string of the molecule is CC1(C)CCCN1C(=O)c1cc(N)nc(Cl)c1. The summed E-state index contributed by atoms with van der Waals surface area (Å²) in [5.41, 5.74) is 6.01. The van der Waals surface area contributed by atoms with E-state index in [0.717, 1.165) is 19.4 Å². The smallest absolute Gasteiger partial charge is 0.254 e. The van der Waals surface area contributed by atoms with Gasteiger partial charge in [0.2, 0.25) is 0 Å². The molecule has 2 rings (SSSR count). The number of carbonyl (C=O) groups excluding carboxylic acids is 1. The molecule has 2 N–H and O–H groups in total. The lowest BCUT2D eigenvalue weighted by Crippen LogP contribution is -2.42. The van der Waals surface area contributed by atoms with Crippen molar-refractivity contribution < 1.29 is 4.79 Å². The minimum Gasteiger partial charge on any atom is -0.384 e. The van der Waals surface area contributed by atoms with E-state index >= 15 is 0 Å². The molecule has 2 heterocycles.